The van der Waals surface area contributed by atoms with E-state index < -0.39 is 6.08 Å². The van der Waals surface area contributed by atoms with Crippen molar-refractivity contribution in [2.45, 2.75) is 6.92 Å². The van der Waals surface area contributed by atoms with Crippen LogP contribution in [0.1, 0.15) is 6.92 Å². The van der Waals surface area contributed by atoms with Crippen molar-refractivity contribution in [1.29, 1.82) is 0 Å². The maximum absolute atomic E-state index is 11.0. The zero-order valence-corrected chi connectivity index (χ0v) is 3.99. The van der Waals surface area contributed by atoms with Crippen LogP contribution in [-0.4, -0.2) is 0 Å². The summed E-state index contributed by atoms with van der Waals surface area (Å²) in [7, 11) is 0. The highest BCUT2D eigenvalue weighted by Gasteiger charge is 1.77. The van der Waals surface area contributed by atoms with E-state index in [1.807, 2.05) is 0 Å². The minimum Gasteiger partial charge on any atom is -0.173 e. The molecule has 0 radical (unpaired) electrons. The summed E-state index contributed by atoms with van der Waals surface area (Å²) in [5, 5.41) is 0. The molecule has 0 aliphatic carbocycles. The van der Waals surface area contributed by atoms with Gasteiger partial charge in [0.2, 0.25) is 0 Å². The molecule has 0 atom stereocenters. The van der Waals surface area contributed by atoms with E-state index in [1.54, 1.807) is 13.0 Å². The third-order valence-electron chi connectivity index (χ3n) is 0.415. The Labute approximate surface area is 41.2 Å². The van der Waals surface area contributed by atoms with Gasteiger partial charge in [-0.2, -0.15) is 8.78 Å². The summed E-state index contributed by atoms with van der Waals surface area (Å²) in [6, 6.07) is 0. The van der Waals surface area contributed by atoms with Crippen LogP contribution in [0.4, 0.5) is 8.78 Å². The van der Waals surface area contributed by atoms with Crippen LogP contribution in [0.25, 0.3) is 0 Å². The average molecular weight is 104 g/mol. The minimum absolute atomic E-state index is 0.750. The monoisotopic (exact) mass is 104 g/mol. The molecule has 0 aromatic heterocycles. The molecule has 7 heavy (non-hydrogen) atoms. The normalized spacial score (nSPS) is 9.57. The number of allylic oxidation sites excluding steroid dienone is 3. The lowest BCUT2D eigenvalue weighted by Crippen LogP contribution is -1.50. The smallest absolute Gasteiger partial charge is 0.173 e. The molecular formula is C5H6F2. The number of hydrogen-bond donors (Lipinski definition) is 0. The van der Waals surface area contributed by atoms with Crippen molar-refractivity contribution in [3.63, 3.8) is 0 Å². The van der Waals surface area contributed by atoms with Gasteiger partial charge in [0.15, 0.2) is 0 Å². The predicted molar refractivity (Wildman–Crippen MR) is 25.1 cm³/mol. The zero-order valence-electron chi connectivity index (χ0n) is 3.99. The molecule has 0 spiro atoms. The summed E-state index contributed by atoms with van der Waals surface area (Å²) in [5.41, 5.74) is 0. The van der Waals surface area contributed by atoms with Crippen LogP contribution in [0, 0.1) is 0 Å². The van der Waals surface area contributed by atoms with Gasteiger partial charge in [-0.05, 0) is 6.92 Å². The van der Waals surface area contributed by atoms with Crippen LogP contribution >= 0.6 is 0 Å². The molecule has 0 fully saturated rings. The molecule has 0 aromatic rings. The third-order valence-corrected chi connectivity index (χ3v) is 0.415. The van der Waals surface area contributed by atoms with Crippen molar-refractivity contribution in [3.05, 3.63) is 24.3 Å². The van der Waals surface area contributed by atoms with Crippen LogP contribution in [0.3, 0.4) is 0 Å². The molecule has 0 bridgehead atoms. The van der Waals surface area contributed by atoms with Crippen LogP contribution in [0.15, 0.2) is 24.3 Å². The van der Waals surface area contributed by atoms with Gasteiger partial charge < -0.3 is 0 Å². The van der Waals surface area contributed by atoms with Gasteiger partial charge in [-0.25, -0.2) is 0 Å². The highest BCUT2D eigenvalue weighted by atomic mass is 19.3. The van der Waals surface area contributed by atoms with Crippen molar-refractivity contribution >= 4 is 0 Å². The largest absolute Gasteiger partial charge is 0.270 e. The van der Waals surface area contributed by atoms with E-state index in [0.717, 1.165) is 6.08 Å². The molecule has 0 aromatic carbocycles. The molecule has 2 heteroatoms. The van der Waals surface area contributed by atoms with Gasteiger partial charge >= 0.3 is 0 Å². The Kier molecular flexibility index (Phi) is 3.19. The van der Waals surface area contributed by atoms with E-state index in [2.05, 4.69) is 0 Å². The second-order valence-corrected chi connectivity index (χ2v) is 0.982. The fraction of sp³-hybridized carbons (Fsp3) is 0.200. The van der Waals surface area contributed by atoms with Gasteiger partial charge in [0, 0.05) is 6.08 Å². The molecule has 0 unspecified atom stereocenters. The quantitative estimate of drug-likeness (QED) is 0.448. The standard InChI is InChI=1S/C5H6F2/c1-2-3-4-5(6)7/h2-4H,1H3/b3-2+. The van der Waals surface area contributed by atoms with Crippen molar-refractivity contribution in [3.8, 4) is 0 Å². The molecule has 0 saturated carbocycles. The van der Waals surface area contributed by atoms with Crippen molar-refractivity contribution in [2.24, 2.45) is 0 Å². The first-order valence-corrected chi connectivity index (χ1v) is 1.91. The first-order valence-electron chi connectivity index (χ1n) is 1.91. The van der Waals surface area contributed by atoms with E-state index in [1.165, 1.54) is 6.08 Å². The Morgan fingerprint density at radius 2 is 2.00 bits per heavy atom. The molecule has 0 rings (SSSR count). The third kappa shape index (κ3) is 5.34. The van der Waals surface area contributed by atoms with Crippen LogP contribution in [-0.2, 0) is 0 Å². The fourth-order valence-electron chi connectivity index (χ4n) is 0.169. The second kappa shape index (κ2) is 3.53. The van der Waals surface area contributed by atoms with Crippen molar-refractivity contribution in [1.82, 2.24) is 0 Å². The SMILES string of the molecule is C/C=C/C=C(F)F. The highest BCUT2D eigenvalue weighted by molar-refractivity contribution is 5.00. The predicted octanol–water partition coefficient (Wildman–Crippen LogP) is 2.34. The van der Waals surface area contributed by atoms with Crippen molar-refractivity contribution < 1.29 is 8.78 Å². The van der Waals surface area contributed by atoms with E-state index in [4.69, 9.17) is 0 Å². The zero-order chi connectivity index (χ0) is 5.70. The Morgan fingerprint density at radius 3 is 2.14 bits per heavy atom. The lowest BCUT2D eigenvalue weighted by molar-refractivity contribution is 0.422. The average Bonchev–Trinajstić information content (AvgIpc) is 1.61. The molecule has 0 heterocycles. The molecule has 0 aliphatic heterocycles. The lowest BCUT2D eigenvalue weighted by Gasteiger charge is -1.68. The molecule has 0 saturated heterocycles. The first-order chi connectivity index (χ1) is 3.27. The Balaban J connectivity index is 3.46. The van der Waals surface area contributed by atoms with Gasteiger partial charge in [0.05, 0.1) is 0 Å². The number of hydrogen-bond acceptors (Lipinski definition) is 0. The van der Waals surface area contributed by atoms with Gasteiger partial charge in [0.1, 0.15) is 0 Å². The fourth-order valence-corrected chi connectivity index (χ4v) is 0.169. The molecule has 0 amide bonds. The van der Waals surface area contributed by atoms with E-state index in [0.29, 0.717) is 0 Å². The maximum atomic E-state index is 11.0. The molecule has 0 nitrogen and oxygen atoms in total. The Hall–Kier alpha value is -0.660. The number of halogens is 2. The maximum Gasteiger partial charge on any atom is 0.270 e. The molecule has 40 valence electrons. The van der Waals surface area contributed by atoms with Gasteiger partial charge in [0.25, 0.3) is 6.08 Å². The summed E-state index contributed by atoms with van der Waals surface area (Å²) in [6.07, 6.45) is 1.92. The van der Waals surface area contributed by atoms with E-state index >= 15 is 0 Å². The van der Waals surface area contributed by atoms with Crippen LogP contribution in [0.5, 0.6) is 0 Å². The minimum atomic E-state index is -1.65. The highest BCUT2D eigenvalue weighted by Crippen LogP contribution is 1.94. The summed E-state index contributed by atoms with van der Waals surface area (Å²) in [5.74, 6) is 0. The summed E-state index contributed by atoms with van der Waals surface area (Å²) < 4.78 is 22.1. The first kappa shape index (κ1) is 6.34. The van der Waals surface area contributed by atoms with Gasteiger partial charge in [-0.15, -0.1) is 0 Å². The van der Waals surface area contributed by atoms with E-state index in [9.17, 15) is 8.78 Å². The summed E-state index contributed by atoms with van der Waals surface area (Å²) in [6.45, 7) is 1.68. The Morgan fingerprint density at radius 1 is 1.43 bits per heavy atom. The number of rotatable bonds is 1. The van der Waals surface area contributed by atoms with E-state index in [-0.39, 0.29) is 0 Å². The topological polar surface area (TPSA) is 0 Å². The molecule has 0 N–H and O–H groups in total. The van der Waals surface area contributed by atoms with Crippen LogP contribution < -0.4 is 0 Å². The summed E-state index contributed by atoms with van der Waals surface area (Å²) >= 11 is 0. The van der Waals surface area contributed by atoms with Gasteiger partial charge in [-0.3, -0.25) is 0 Å². The summed E-state index contributed by atoms with van der Waals surface area (Å²) in [4.78, 5) is 0. The second-order valence-electron chi connectivity index (χ2n) is 0.982. The van der Waals surface area contributed by atoms with Gasteiger partial charge in [-0.1, -0.05) is 12.2 Å². The Bertz CT molecular complexity index is 88.3. The van der Waals surface area contributed by atoms with Crippen LogP contribution in [0.2, 0.25) is 0 Å². The van der Waals surface area contributed by atoms with Crippen molar-refractivity contribution in [2.75, 3.05) is 0 Å². The lowest BCUT2D eigenvalue weighted by atomic mass is 10.5. The molecular weight excluding hydrogens is 98.1 g/mol. The molecule has 0 aliphatic rings.